The summed E-state index contributed by atoms with van der Waals surface area (Å²) >= 11 is 0. The van der Waals surface area contributed by atoms with Gasteiger partial charge in [0, 0.05) is 26.2 Å². The van der Waals surface area contributed by atoms with Crippen LogP contribution in [-0.2, 0) is 4.79 Å². The molecule has 0 atom stereocenters. The van der Waals surface area contributed by atoms with Crippen molar-refractivity contribution in [2.75, 3.05) is 37.7 Å². The monoisotopic (exact) mass is 376 g/mol. The van der Waals surface area contributed by atoms with Gasteiger partial charge in [-0.2, -0.15) is 0 Å². The van der Waals surface area contributed by atoms with Crippen LogP contribution < -0.4 is 9.64 Å². The third-order valence-corrected chi connectivity index (χ3v) is 4.98. The Morgan fingerprint density at radius 2 is 1.57 bits per heavy atom. The van der Waals surface area contributed by atoms with Crippen molar-refractivity contribution in [1.82, 2.24) is 14.9 Å². The summed E-state index contributed by atoms with van der Waals surface area (Å²) < 4.78 is 5.64. The van der Waals surface area contributed by atoms with Crippen LogP contribution in [0.4, 0.5) is 5.82 Å². The van der Waals surface area contributed by atoms with Crippen LogP contribution in [0, 0.1) is 6.92 Å². The number of rotatable bonds is 5. The van der Waals surface area contributed by atoms with Crippen molar-refractivity contribution in [2.45, 2.75) is 13.3 Å². The lowest BCUT2D eigenvalue weighted by molar-refractivity contribution is -0.132. The molecule has 1 saturated heterocycles. The zero-order valence-electron chi connectivity index (χ0n) is 16.0. The van der Waals surface area contributed by atoms with Gasteiger partial charge in [0.2, 0.25) is 5.91 Å². The van der Waals surface area contributed by atoms with Gasteiger partial charge < -0.3 is 14.5 Å². The van der Waals surface area contributed by atoms with E-state index in [1.165, 1.54) is 0 Å². The molecular weight excluding hydrogens is 352 g/mol. The number of piperazine rings is 1. The Morgan fingerprint density at radius 1 is 0.929 bits per heavy atom. The molecule has 1 amide bonds. The maximum atomic E-state index is 12.5. The van der Waals surface area contributed by atoms with Crippen molar-refractivity contribution < 1.29 is 9.53 Å². The smallest absolute Gasteiger partial charge is 0.226 e. The predicted octanol–water partition coefficient (Wildman–Crippen LogP) is 3.06. The fraction of sp³-hybridized carbons (Fsp3) is 0.318. The van der Waals surface area contributed by atoms with E-state index in [1.807, 2.05) is 66.4 Å². The molecule has 0 spiro atoms. The van der Waals surface area contributed by atoms with Crippen molar-refractivity contribution >= 4 is 22.8 Å². The second-order valence-electron chi connectivity index (χ2n) is 6.90. The number of anilines is 1. The van der Waals surface area contributed by atoms with E-state index >= 15 is 0 Å². The highest BCUT2D eigenvalue weighted by molar-refractivity contribution is 5.77. The average Bonchev–Trinajstić information content (AvgIpc) is 2.74. The molecule has 2 aromatic carbocycles. The highest BCUT2D eigenvalue weighted by Crippen LogP contribution is 2.21. The standard InChI is InChI=1S/C22H24N4O2/c1-17-22(24-20-10-6-5-9-19(20)23-17)26-14-12-25(13-15-26)21(27)11-16-28-18-7-3-2-4-8-18/h2-10H,11-16H2,1H3. The summed E-state index contributed by atoms with van der Waals surface area (Å²) in [6.45, 7) is 5.31. The molecule has 2 heterocycles. The molecule has 3 aromatic rings. The Labute approximate surface area is 164 Å². The van der Waals surface area contributed by atoms with Crippen LogP contribution in [0.2, 0.25) is 0 Å². The van der Waals surface area contributed by atoms with Gasteiger partial charge in [0.05, 0.1) is 29.8 Å². The van der Waals surface area contributed by atoms with Crippen LogP contribution in [0.1, 0.15) is 12.1 Å². The molecule has 0 unspecified atom stereocenters. The largest absolute Gasteiger partial charge is 0.493 e. The van der Waals surface area contributed by atoms with Gasteiger partial charge >= 0.3 is 0 Å². The molecule has 144 valence electrons. The normalized spacial score (nSPS) is 14.3. The molecule has 0 saturated carbocycles. The third-order valence-electron chi connectivity index (χ3n) is 4.98. The van der Waals surface area contributed by atoms with Crippen LogP contribution in [0.5, 0.6) is 5.75 Å². The summed E-state index contributed by atoms with van der Waals surface area (Å²) in [5, 5.41) is 0. The Hall–Kier alpha value is -3.15. The van der Waals surface area contributed by atoms with E-state index in [-0.39, 0.29) is 5.91 Å². The van der Waals surface area contributed by atoms with E-state index < -0.39 is 0 Å². The van der Waals surface area contributed by atoms with Crippen LogP contribution in [0.3, 0.4) is 0 Å². The average molecular weight is 376 g/mol. The molecule has 1 aromatic heterocycles. The molecule has 1 aliphatic heterocycles. The van der Waals surface area contributed by atoms with Crippen LogP contribution >= 0.6 is 0 Å². The fourth-order valence-electron chi connectivity index (χ4n) is 3.48. The van der Waals surface area contributed by atoms with Crippen molar-refractivity contribution in [2.24, 2.45) is 0 Å². The lowest BCUT2D eigenvalue weighted by Crippen LogP contribution is -2.49. The number of aryl methyl sites for hydroxylation is 1. The van der Waals surface area contributed by atoms with Crippen LogP contribution in [-0.4, -0.2) is 53.6 Å². The van der Waals surface area contributed by atoms with E-state index in [1.54, 1.807) is 0 Å². The number of amides is 1. The topological polar surface area (TPSA) is 58.6 Å². The number of carbonyl (C=O) groups is 1. The fourth-order valence-corrected chi connectivity index (χ4v) is 3.48. The summed E-state index contributed by atoms with van der Waals surface area (Å²) in [6, 6.07) is 17.5. The van der Waals surface area contributed by atoms with Crippen molar-refractivity contribution in [3.05, 3.63) is 60.3 Å². The summed E-state index contributed by atoms with van der Waals surface area (Å²) in [4.78, 5) is 26.1. The van der Waals surface area contributed by atoms with E-state index in [2.05, 4.69) is 9.88 Å². The lowest BCUT2D eigenvalue weighted by Gasteiger charge is -2.36. The van der Waals surface area contributed by atoms with Gasteiger partial charge in [0.1, 0.15) is 5.75 Å². The Morgan fingerprint density at radius 3 is 2.29 bits per heavy atom. The predicted molar refractivity (Wildman–Crippen MR) is 110 cm³/mol. The van der Waals surface area contributed by atoms with Crippen LogP contribution in [0.15, 0.2) is 54.6 Å². The Kier molecular flexibility index (Phi) is 5.37. The molecule has 6 nitrogen and oxygen atoms in total. The first-order chi connectivity index (χ1) is 13.7. The first-order valence-electron chi connectivity index (χ1n) is 9.65. The van der Waals surface area contributed by atoms with Gasteiger partial charge in [0.15, 0.2) is 5.82 Å². The molecule has 0 N–H and O–H groups in total. The van der Waals surface area contributed by atoms with E-state index in [0.29, 0.717) is 26.1 Å². The minimum absolute atomic E-state index is 0.136. The Balaban J connectivity index is 1.32. The molecule has 0 radical (unpaired) electrons. The quantitative estimate of drug-likeness (QED) is 0.685. The van der Waals surface area contributed by atoms with Gasteiger partial charge in [-0.05, 0) is 31.2 Å². The SMILES string of the molecule is Cc1nc2ccccc2nc1N1CCN(C(=O)CCOc2ccccc2)CC1. The molecular formula is C22H24N4O2. The molecule has 6 heteroatoms. The number of hydrogen-bond donors (Lipinski definition) is 0. The van der Waals surface area contributed by atoms with Crippen molar-refractivity contribution in [3.63, 3.8) is 0 Å². The molecule has 1 fully saturated rings. The Bertz CT molecular complexity index is 953. The van der Waals surface area contributed by atoms with Gasteiger partial charge in [-0.25, -0.2) is 9.97 Å². The number of aromatic nitrogens is 2. The highest BCUT2D eigenvalue weighted by atomic mass is 16.5. The van der Waals surface area contributed by atoms with E-state index in [4.69, 9.17) is 9.72 Å². The number of fused-ring (bicyclic) bond motifs is 1. The first kappa shape index (κ1) is 18.2. The van der Waals surface area contributed by atoms with Gasteiger partial charge in [-0.3, -0.25) is 4.79 Å². The lowest BCUT2D eigenvalue weighted by atomic mass is 10.2. The summed E-state index contributed by atoms with van der Waals surface area (Å²) in [5.74, 6) is 1.85. The van der Waals surface area contributed by atoms with E-state index in [9.17, 15) is 4.79 Å². The molecule has 0 aliphatic carbocycles. The molecule has 0 bridgehead atoms. The third kappa shape index (κ3) is 4.06. The van der Waals surface area contributed by atoms with Gasteiger partial charge in [0.25, 0.3) is 0 Å². The van der Waals surface area contributed by atoms with E-state index in [0.717, 1.165) is 41.4 Å². The minimum Gasteiger partial charge on any atom is -0.493 e. The zero-order valence-corrected chi connectivity index (χ0v) is 16.0. The van der Waals surface area contributed by atoms with Gasteiger partial charge in [-0.1, -0.05) is 30.3 Å². The van der Waals surface area contributed by atoms with Crippen molar-refractivity contribution in [1.29, 1.82) is 0 Å². The summed E-state index contributed by atoms with van der Waals surface area (Å²) in [6.07, 6.45) is 0.393. The minimum atomic E-state index is 0.136. The van der Waals surface area contributed by atoms with Crippen LogP contribution in [0.25, 0.3) is 11.0 Å². The summed E-state index contributed by atoms with van der Waals surface area (Å²) in [5.41, 5.74) is 2.74. The van der Waals surface area contributed by atoms with Gasteiger partial charge in [-0.15, -0.1) is 0 Å². The number of ether oxygens (including phenoxy) is 1. The second kappa shape index (κ2) is 8.25. The van der Waals surface area contributed by atoms with Crippen molar-refractivity contribution in [3.8, 4) is 5.75 Å². The number of hydrogen-bond acceptors (Lipinski definition) is 5. The molecule has 28 heavy (non-hydrogen) atoms. The summed E-state index contributed by atoms with van der Waals surface area (Å²) in [7, 11) is 0. The number of carbonyl (C=O) groups excluding carboxylic acids is 1. The molecule has 4 rings (SSSR count). The maximum Gasteiger partial charge on any atom is 0.226 e. The first-order valence-corrected chi connectivity index (χ1v) is 9.65. The number of para-hydroxylation sites is 3. The molecule has 1 aliphatic rings. The highest BCUT2D eigenvalue weighted by Gasteiger charge is 2.23. The number of nitrogens with zero attached hydrogens (tertiary/aromatic N) is 4. The zero-order chi connectivity index (χ0) is 19.3. The second-order valence-corrected chi connectivity index (χ2v) is 6.90. The maximum absolute atomic E-state index is 12.5. The number of benzene rings is 2.